The van der Waals surface area contributed by atoms with Crippen molar-refractivity contribution < 1.29 is 9.53 Å². The highest BCUT2D eigenvalue weighted by atomic mass is 16.5. The van der Waals surface area contributed by atoms with Crippen LogP contribution in [0.25, 0.3) is 5.65 Å². The zero-order valence-corrected chi connectivity index (χ0v) is 10.5. The fourth-order valence-corrected chi connectivity index (χ4v) is 1.96. The molecule has 18 heavy (non-hydrogen) atoms. The van der Waals surface area contributed by atoms with Crippen molar-refractivity contribution >= 4 is 11.6 Å². The monoisotopic (exact) mass is 247 g/mol. The van der Waals surface area contributed by atoms with E-state index in [2.05, 4.69) is 4.98 Å². The Morgan fingerprint density at radius 1 is 1.56 bits per heavy atom. The molecule has 2 atom stereocenters. The van der Waals surface area contributed by atoms with E-state index in [1.807, 2.05) is 41.9 Å². The van der Waals surface area contributed by atoms with Crippen molar-refractivity contribution in [1.29, 1.82) is 0 Å². The van der Waals surface area contributed by atoms with Crippen LogP contribution in [-0.2, 0) is 9.53 Å². The number of pyridine rings is 1. The van der Waals surface area contributed by atoms with Gasteiger partial charge in [-0.25, -0.2) is 4.98 Å². The number of nitrogens with zero attached hydrogens (tertiary/aromatic N) is 2. The van der Waals surface area contributed by atoms with Gasteiger partial charge < -0.3 is 14.9 Å². The Labute approximate surface area is 106 Å². The predicted molar refractivity (Wildman–Crippen MR) is 68.2 cm³/mol. The predicted octanol–water partition coefficient (Wildman–Crippen LogP) is 1.33. The maximum Gasteiger partial charge on any atom is 0.306 e. The molecule has 2 unspecified atom stereocenters. The molecule has 2 aromatic heterocycles. The van der Waals surface area contributed by atoms with Crippen LogP contribution in [0, 0.1) is 0 Å². The molecule has 2 rings (SSSR count). The van der Waals surface area contributed by atoms with E-state index in [9.17, 15) is 4.79 Å². The van der Waals surface area contributed by atoms with E-state index in [0.717, 1.165) is 11.3 Å². The molecule has 0 fully saturated rings. The van der Waals surface area contributed by atoms with Crippen LogP contribution in [0.4, 0.5) is 0 Å². The van der Waals surface area contributed by atoms with Crippen molar-refractivity contribution in [2.24, 2.45) is 5.73 Å². The van der Waals surface area contributed by atoms with Gasteiger partial charge in [0.05, 0.1) is 19.2 Å². The highest BCUT2D eigenvalue weighted by Crippen LogP contribution is 2.22. The number of esters is 1. The van der Waals surface area contributed by atoms with Gasteiger partial charge in [0.15, 0.2) is 0 Å². The Kier molecular flexibility index (Phi) is 3.62. The Balaban J connectivity index is 2.32. The summed E-state index contributed by atoms with van der Waals surface area (Å²) in [6, 6.07) is 5.61. The lowest BCUT2D eigenvalue weighted by Crippen LogP contribution is -2.27. The van der Waals surface area contributed by atoms with Crippen LogP contribution in [0.3, 0.4) is 0 Å². The summed E-state index contributed by atoms with van der Waals surface area (Å²) in [6.45, 7) is 1.87. The summed E-state index contributed by atoms with van der Waals surface area (Å²) >= 11 is 0. The van der Waals surface area contributed by atoms with Crippen LogP contribution in [0.5, 0.6) is 0 Å². The van der Waals surface area contributed by atoms with Crippen LogP contribution >= 0.6 is 0 Å². The second kappa shape index (κ2) is 5.18. The lowest BCUT2D eigenvalue weighted by molar-refractivity contribution is -0.141. The molecule has 96 valence electrons. The summed E-state index contributed by atoms with van der Waals surface area (Å²) in [5.41, 5.74) is 7.61. The summed E-state index contributed by atoms with van der Waals surface area (Å²) in [4.78, 5) is 15.9. The fraction of sp³-hybridized carbons (Fsp3) is 0.385. The van der Waals surface area contributed by atoms with Gasteiger partial charge in [-0.3, -0.25) is 4.79 Å². The number of fused-ring (bicyclic) bond motifs is 1. The minimum absolute atomic E-state index is 0.127. The van der Waals surface area contributed by atoms with Crippen LogP contribution in [0.2, 0.25) is 0 Å². The Morgan fingerprint density at radius 3 is 2.94 bits per heavy atom. The molecule has 2 N–H and O–H groups in total. The average Bonchev–Trinajstić information content (AvgIpc) is 2.78. The Bertz CT molecular complexity index is 515. The van der Waals surface area contributed by atoms with Gasteiger partial charge in [0.1, 0.15) is 5.65 Å². The van der Waals surface area contributed by atoms with E-state index in [0.29, 0.717) is 0 Å². The summed E-state index contributed by atoms with van der Waals surface area (Å²) in [5, 5.41) is 0. The fourth-order valence-electron chi connectivity index (χ4n) is 1.96. The Hall–Kier alpha value is -1.88. The molecule has 0 saturated heterocycles. The maximum atomic E-state index is 11.4. The van der Waals surface area contributed by atoms with Gasteiger partial charge in [-0.15, -0.1) is 0 Å². The van der Waals surface area contributed by atoms with E-state index >= 15 is 0 Å². The molecule has 5 nitrogen and oxygen atoms in total. The molecule has 0 aliphatic rings. The summed E-state index contributed by atoms with van der Waals surface area (Å²) in [5.74, 6) is -0.397. The van der Waals surface area contributed by atoms with E-state index in [1.165, 1.54) is 7.11 Å². The SMILES string of the molecule is COC(=O)CC(c1cn2ccccc2n1)C(C)N. The van der Waals surface area contributed by atoms with Crippen molar-refractivity contribution in [1.82, 2.24) is 9.38 Å². The number of methoxy groups -OCH3 is 1. The third-order valence-corrected chi connectivity index (χ3v) is 3.01. The van der Waals surface area contributed by atoms with E-state index < -0.39 is 0 Å². The topological polar surface area (TPSA) is 69.6 Å². The lowest BCUT2D eigenvalue weighted by Gasteiger charge is -2.17. The Morgan fingerprint density at radius 2 is 2.33 bits per heavy atom. The molecule has 0 bridgehead atoms. The number of carbonyl (C=O) groups is 1. The van der Waals surface area contributed by atoms with Gasteiger partial charge in [0.25, 0.3) is 0 Å². The first-order valence-electron chi connectivity index (χ1n) is 5.88. The number of nitrogens with two attached hydrogens (primary N) is 1. The quantitative estimate of drug-likeness (QED) is 0.827. The number of hydrogen-bond acceptors (Lipinski definition) is 4. The van der Waals surface area contributed by atoms with Crippen molar-refractivity contribution in [2.45, 2.75) is 25.3 Å². The zero-order valence-electron chi connectivity index (χ0n) is 10.5. The maximum absolute atomic E-state index is 11.4. The summed E-state index contributed by atoms with van der Waals surface area (Å²) < 4.78 is 6.62. The van der Waals surface area contributed by atoms with Gasteiger partial charge in [-0.2, -0.15) is 0 Å². The van der Waals surface area contributed by atoms with Gasteiger partial charge in [0, 0.05) is 24.4 Å². The van der Waals surface area contributed by atoms with E-state index in [-0.39, 0.29) is 24.3 Å². The van der Waals surface area contributed by atoms with Crippen molar-refractivity contribution in [3.63, 3.8) is 0 Å². The van der Waals surface area contributed by atoms with E-state index in [4.69, 9.17) is 10.5 Å². The normalized spacial score (nSPS) is 14.4. The van der Waals surface area contributed by atoms with Crippen molar-refractivity contribution in [3.05, 3.63) is 36.3 Å². The van der Waals surface area contributed by atoms with Crippen LogP contribution in [-0.4, -0.2) is 28.5 Å². The first-order valence-corrected chi connectivity index (χ1v) is 5.88. The first kappa shape index (κ1) is 12.6. The highest BCUT2D eigenvalue weighted by molar-refractivity contribution is 5.70. The van der Waals surface area contributed by atoms with Crippen molar-refractivity contribution in [3.8, 4) is 0 Å². The largest absolute Gasteiger partial charge is 0.469 e. The summed E-state index contributed by atoms with van der Waals surface area (Å²) in [6.07, 6.45) is 4.08. The number of ether oxygens (including phenoxy) is 1. The molecule has 0 aromatic carbocycles. The average molecular weight is 247 g/mol. The molecule has 5 heteroatoms. The molecule has 0 spiro atoms. The molecule has 0 saturated carbocycles. The van der Waals surface area contributed by atoms with Crippen molar-refractivity contribution in [2.75, 3.05) is 7.11 Å². The summed E-state index contributed by atoms with van der Waals surface area (Å²) in [7, 11) is 1.38. The molecular weight excluding hydrogens is 230 g/mol. The van der Waals surface area contributed by atoms with Gasteiger partial charge in [-0.1, -0.05) is 6.07 Å². The van der Waals surface area contributed by atoms with Gasteiger partial charge >= 0.3 is 5.97 Å². The second-order valence-electron chi connectivity index (χ2n) is 4.38. The van der Waals surface area contributed by atoms with Gasteiger partial charge in [0.2, 0.25) is 0 Å². The smallest absolute Gasteiger partial charge is 0.306 e. The number of hydrogen-bond donors (Lipinski definition) is 1. The molecule has 0 radical (unpaired) electrons. The van der Waals surface area contributed by atoms with Crippen LogP contribution < -0.4 is 5.73 Å². The van der Waals surface area contributed by atoms with Gasteiger partial charge in [-0.05, 0) is 19.1 Å². The second-order valence-corrected chi connectivity index (χ2v) is 4.38. The highest BCUT2D eigenvalue weighted by Gasteiger charge is 2.23. The molecule has 0 amide bonds. The lowest BCUT2D eigenvalue weighted by atomic mass is 9.95. The molecule has 2 aromatic rings. The minimum Gasteiger partial charge on any atom is -0.469 e. The first-order chi connectivity index (χ1) is 8.61. The minimum atomic E-state index is -0.269. The van der Waals surface area contributed by atoms with Crippen LogP contribution in [0.1, 0.15) is 25.0 Å². The number of carbonyl (C=O) groups excluding carboxylic acids is 1. The number of imidazole rings is 1. The van der Waals surface area contributed by atoms with Crippen LogP contribution in [0.15, 0.2) is 30.6 Å². The third-order valence-electron chi connectivity index (χ3n) is 3.01. The molecule has 0 aliphatic heterocycles. The number of aromatic nitrogens is 2. The number of rotatable bonds is 4. The molecular formula is C13H17N3O2. The standard InChI is InChI=1S/C13H17N3O2/c1-9(14)10(7-13(17)18-2)11-8-16-6-4-3-5-12(16)15-11/h3-6,8-10H,7,14H2,1-2H3. The van der Waals surface area contributed by atoms with E-state index in [1.54, 1.807) is 0 Å². The third kappa shape index (κ3) is 2.51. The molecule has 0 aliphatic carbocycles. The zero-order chi connectivity index (χ0) is 13.1. The molecule has 2 heterocycles.